The van der Waals surface area contributed by atoms with Gasteiger partial charge in [0.1, 0.15) is 6.10 Å². The Labute approximate surface area is 114 Å². The van der Waals surface area contributed by atoms with Crippen LogP contribution in [0.3, 0.4) is 0 Å². The van der Waals surface area contributed by atoms with E-state index in [-0.39, 0.29) is 19.0 Å². The molecule has 1 aromatic carbocycles. The van der Waals surface area contributed by atoms with Crippen LogP contribution in [0.2, 0.25) is 0 Å². The Kier molecular flexibility index (Phi) is 6.15. The molecule has 112 valence electrons. The Morgan fingerprint density at radius 3 is 2.30 bits per heavy atom. The maximum atomic E-state index is 10.6. The summed E-state index contributed by atoms with van der Waals surface area (Å²) in [5, 5.41) is 24.7. The van der Waals surface area contributed by atoms with Gasteiger partial charge in [-0.2, -0.15) is 0 Å². The molecular formula is C11H16NO7P. The minimum absolute atomic E-state index is 0.161. The third-order valence-corrected chi connectivity index (χ3v) is 2.62. The highest BCUT2D eigenvalue weighted by molar-refractivity contribution is 7.46. The predicted molar refractivity (Wildman–Crippen MR) is 71.1 cm³/mol. The molecule has 2 rings (SSSR count). The third-order valence-electron chi connectivity index (χ3n) is 2.19. The molecule has 20 heavy (non-hydrogen) atoms. The molecule has 0 saturated heterocycles. The van der Waals surface area contributed by atoms with Crippen molar-refractivity contribution in [1.29, 1.82) is 0 Å². The zero-order valence-electron chi connectivity index (χ0n) is 10.4. The van der Waals surface area contributed by atoms with Gasteiger partial charge < -0.3 is 24.8 Å². The lowest BCUT2D eigenvalue weighted by Crippen LogP contribution is -2.15. The number of aromatic nitrogens is 1. The molecule has 0 amide bonds. The van der Waals surface area contributed by atoms with Gasteiger partial charge in [-0.15, -0.1) is 0 Å². The second kappa shape index (κ2) is 7.39. The summed E-state index contributed by atoms with van der Waals surface area (Å²) in [5.41, 5.74) is 0.774. The molecule has 1 aromatic heterocycles. The minimum Gasteiger partial charge on any atom is -0.402 e. The van der Waals surface area contributed by atoms with Crippen molar-refractivity contribution in [2.75, 3.05) is 13.2 Å². The molecule has 9 heteroatoms. The van der Waals surface area contributed by atoms with Crippen molar-refractivity contribution in [2.24, 2.45) is 0 Å². The molecule has 0 saturated carbocycles. The Balaban J connectivity index is 0.000000286. The lowest BCUT2D eigenvalue weighted by Gasteiger charge is -2.04. The van der Waals surface area contributed by atoms with Gasteiger partial charge in [0.25, 0.3) is 0 Å². The smallest absolute Gasteiger partial charge is 0.402 e. The van der Waals surface area contributed by atoms with Crippen LogP contribution in [-0.4, -0.2) is 49.4 Å². The number of H-pyrrole nitrogens is 1. The Morgan fingerprint density at radius 1 is 1.20 bits per heavy atom. The summed E-state index contributed by atoms with van der Waals surface area (Å²) in [6.45, 7) is -0.729. The van der Waals surface area contributed by atoms with E-state index >= 15 is 0 Å². The van der Waals surface area contributed by atoms with Gasteiger partial charge in [-0.3, -0.25) is 9.79 Å². The van der Waals surface area contributed by atoms with Gasteiger partial charge in [-0.05, 0) is 12.1 Å². The number of benzene rings is 1. The van der Waals surface area contributed by atoms with Gasteiger partial charge in [0.15, 0.2) is 5.75 Å². The first kappa shape index (κ1) is 16.6. The van der Waals surface area contributed by atoms with Crippen LogP contribution in [0.4, 0.5) is 0 Å². The van der Waals surface area contributed by atoms with E-state index in [0.29, 0.717) is 5.39 Å². The summed E-state index contributed by atoms with van der Waals surface area (Å²) >= 11 is 0. The minimum atomic E-state index is -4.48. The fourth-order valence-corrected chi connectivity index (χ4v) is 1.71. The lowest BCUT2D eigenvalue weighted by atomic mass is 10.2. The maximum absolute atomic E-state index is 10.6. The molecule has 2 aromatic rings. The normalized spacial score (nSPS) is 11.3. The van der Waals surface area contributed by atoms with Crippen molar-refractivity contribution in [3.05, 3.63) is 30.5 Å². The Morgan fingerprint density at radius 2 is 1.80 bits per heavy atom. The largest absolute Gasteiger partial charge is 0.524 e. The summed E-state index contributed by atoms with van der Waals surface area (Å²) in [6, 6.07) is 7.10. The van der Waals surface area contributed by atoms with E-state index in [2.05, 4.69) is 9.51 Å². The monoisotopic (exact) mass is 305 g/mol. The van der Waals surface area contributed by atoms with Crippen molar-refractivity contribution in [1.82, 2.24) is 4.98 Å². The molecular weight excluding hydrogens is 289 g/mol. The summed E-state index contributed by atoms with van der Waals surface area (Å²) in [4.78, 5) is 20.1. The van der Waals surface area contributed by atoms with E-state index < -0.39 is 13.9 Å². The number of para-hydroxylation sites is 1. The summed E-state index contributed by atoms with van der Waals surface area (Å²) in [5.74, 6) is 0.161. The SMILES string of the molecule is O=P(O)(O)Oc1c[nH]c2ccccc12.OCC(O)CO. The first-order valence-electron chi connectivity index (χ1n) is 5.58. The average molecular weight is 305 g/mol. The Hall–Kier alpha value is -1.41. The number of hydrogen-bond acceptors (Lipinski definition) is 5. The number of nitrogens with one attached hydrogen (secondary N) is 1. The van der Waals surface area contributed by atoms with Crippen LogP contribution >= 0.6 is 7.82 Å². The molecule has 0 spiro atoms. The van der Waals surface area contributed by atoms with E-state index in [1.54, 1.807) is 18.2 Å². The third kappa shape index (κ3) is 5.30. The average Bonchev–Trinajstić information content (AvgIpc) is 2.80. The van der Waals surface area contributed by atoms with E-state index in [1.807, 2.05) is 6.07 Å². The zero-order chi connectivity index (χ0) is 15.2. The highest BCUT2D eigenvalue weighted by Gasteiger charge is 2.18. The van der Waals surface area contributed by atoms with Crippen molar-refractivity contribution in [2.45, 2.75) is 6.10 Å². The molecule has 0 aliphatic carbocycles. The van der Waals surface area contributed by atoms with Crippen molar-refractivity contribution >= 4 is 18.7 Å². The standard InChI is InChI=1S/C8H8NO4P.C3H8O3/c10-14(11,12)13-8-5-9-7-4-2-1-3-6(7)8;4-1-3(6)2-5/h1-5,9H,(H2,10,11,12);3-6H,1-2H2. The maximum Gasteiger partial charge on any atom is 0.524 e. The van der Waals surface area contributed by atoms with E-state index in [1.165, 1.54) is 6.20 Å². The molecule has 6 N–H and O–H groups in total. The van der Waals surface area contributed by atoms with E-state index in [0.717, 1.165) is 5.52 Å². The molecule has 0 aliphatic heterocycles. The highest BCUT2D eigenvalue weighted by Crippen LogP contribution is 2.40. The van der Waals surface area contributed by atoms with E-state index in [4.69, 9.17) is 25.1 Å². The number of aliphatic hydroxyl groups excluding tert-OH is 3. The van der Waals surface area contributed by atoms with Crippen LogP contribution < -0.4 is 4.52 Å². The molecule has 0 bridgehead atoms. The van der Waals surface area contributed by atoms with E-state index in [9.17, 15) is 4.57 Å². The van der Waals surface area contributed by atoms with Crippen LogP contribution in [0, 0.1) is 0 Å². The fraction of sp³-hybridized carbons (Fsp3) is 0.273. The molecule has 0 radical (unpaired) electrons. The highest BCUT2D eigenvalue weighted by atomic mass is 31.2. The quantitative estimate of drug-likeness (QED) is 0.435. The summed E-state index contributed by atoms with van der Waals surface area (Å²) in [6.07, 6.45) is 0.467. The van der Waals surface area contributed by atoms with Crippen LogP contribution in [0.15, 0.2) is 30.5 Å². The van der Waals surface area contributed by atoms with Crippen molar-refractivity contribution in [3.8, 4) is 5.75 Å². The molecule has 0 aliphatic rings. The van der Waals surface area contributed by atoms with Gasteiger partial charge >= 0.3 is 7.82 Å². The molecule has 0 atom stereocenters. The van der Waals surface area contributed by atoms with Gasteiger partial charge in [0.2, 0.25) is 0 Å². The number of phosphoric ester groups is 1. The topological polar surface area (TPSA) is 143 Å². The number of rotatable bonds is 4. The van der Waals surface area contributed by atoms with Gasteiger partial charge in [-0.25, -0.2) is 4.57 Å². The predicted octanol–water partition coefficient (Wildman–Crippen LogP) is -0.0287. The van der Waals surface area contributed by atoms with Crippen LogP contribution in [0.5, 0.6) is 5.75 Å². The fourth-order valence-electron chi connectivity index (χ4n) is 1.31. The molecule has 0 unspecified atom stereocenters. The van der Waals surface area contributed by atoms with Crippen LogP contribution in [0.25, 0.3) is 10.9 Å². The van der Waals surface area contributed by atoms with Crippen LogP contribution in [-0.2, 0) is 4.57 Å². The first-order valence-corrected chi connectivity index (χ1v) is 7.11. The van der Waals surface area contributed by atoms with Gasteiger partial charge in [0.05, 0.1) is 13.2 Å². The van der Waals surface area contributed by atoms with Gasteiger partial charge in [0, 0.05) is 17.1 Å². The van der Waals surface area contributed by atoms with Crippen molar-refractivity contribution < 1.29 is 34.2 Å². The summed E-state index contributed by atoms with van der Waals surface area (Å²) < 4.78 is 15.1. The van der Waals surface area contributed by atoms with Crippen LogP contribution in [0.1, 0.15) is 0 Å². The molecule has 0 fully saturated rings. The number of aromatic amines is 1. The second-order valence-electron chi connectivity index (χ2n) is 3.80. The number of aliphatic hydroxyl groups is 3. The van der Waals surface area contributed by atoms with Gasteiger partial charge in [-0.1, -0.05) is 12.1 Å². The number of hydrogen-bond donors (Lipinski definition) is 6. The van der Waals surface area contributed by atoms with Crippen molar-refractivity contribution in [3.63, 3.8) is 0 Å². The first-order chi connectivity index (χ1) is 9.37. The Bertz CT molecular complexity index is 575. The molecule has 8 nitrogen and oxygen atoms in total. The zero-order valence-corrected chi connectivity index (χ0v) is 11.3. The second-order valence-corrected chi connectivity index (χ2v) is 4.96. The lowest BCUT2D eigenvalue weighted by molar-refractivity contribution is 0.0450. The number of fused-ring (bicyclic) bond motifs is 1. The number of phosphoric acid groups is 1. The summed E-state index contributed by atoms with van der Waals surface area (Å²) in [7, 11) is -4.48. The molecule has 1 heterocycles.